The quantitative estimate of drug-likeness (QED) is 0.770. The predicted octanol–water partition coefficient (Wildman–Crippen LogP) is 4.79. The van der Waals surface area contributed by atoms with E-state index in [-0.39, 0.29) is 0 Å². The van der Waals surface area contributed by atoms with Gasteiger partial charge in [-0.25, -0.2) is 0 Å². The van der Waals surface area contributed by atoms with E-state index in [0.717, 1.165) is 0 Å². The summed E-state index contributed by atoms with van der Waals surface area (Å²) in [6.07, 6.45) is 2.59. The first-order valence-electron chi connectivity index (χ1n) is 7.20. The monoisotopic (exact) mass is 274 g/mol. The topological polar surface area (TPSA) is 17.8 Å². The first-order valence-corrected chi connectivity index (χ1v) is 8.08. The Labute approximate surface area is 119 Å². The maximum Gasteiger partial charge on any atom is 0.106 e. The van der Waals surface area contributed by atoms with Crippen LogP contribution in [0.5, 0.6) is 0 Å². The number of aromatic nitrogens is 2. The second kappa shape index (κ2) is 4.78. The van der Waals surface area contributed by atoms with E-state index in [0.29, 0.717) is 17.8 Å². The molecule has 2 aromatic heterocycles. The van der Waals surface area contributed by atoms with Gasteiger partial charge in [0.05, 0.1) is 4.88 Å². The van der Waals surface area contributed by atoms with Crippen LogP contribution in [0.15, 0.2) is 17.5 Å². The van der Waals surface area contributed by atoms with Gasteiger partial charge < -0.3 is 0 Å². The van der Waals surface area contributed by atoms with Crippen LogP contribution < -0.4 is 0 Å². The van der Waals surface area contributed by atoms with Gasteiger partial charge in [-0.15, -0.1) is 11.3 Å². The molecule has 1 aliphatic rings. The number of nitrogens with zero attached hydrogens (tertiary/aromatic N) is 2. The summed E-state index contributed by atoms with van der Waals surface area (Å²) < 4.78 is 2.14. The van der Waals surface area contributed by atoms with Crippen LogP contribution in [0.25, 0.3) is 10.6 Å². The van der Waals surface area contributed by atoms with Crippen molar-refractivity contribution >= 4 is 11.3 Å². The lowest BCUT2D eigenvalue weighted by atomic mass is 9.75. The molecule has 0 bridgehead atoms. The largest absolute Gasteiger partial charge is 0.271 e. The van der Waals surface area contributed by atoms with Gasteiger partial charge in [0.2, 0.25) is 0 Å². The third-order valence-electron chi connectivity index (χ3n) is 4.44. The van der Waals surface area contributed by atoms with Crippen LogP contribution in [0.2, 0.25) is 0 Å². The summed E-state index contributed by atoms with van der Waals surface area (Å²) >= 11 is 1.80. The summed E-state index contributed by atoms with van der Waals surface area (Å²) in [5.41, 5.74) is 4.22. The van der Waals surface area contributed by atoms with Gasteiger partial charge >= 0.3 is 0 Å². The van der Waals surface area contributed by atoms with Gasteiger partial charge in [-0.05, 0) is 36.1 Å². The number of rotatable bonds is 2. The van der Waals surface area contributed by atoms with Crippen molar-refractivity contribution < 1.29 is 0 Å². The normalized spacial score (nSPS) is 22.8. The summed E-state index contributed by atoms with van der Waals surface area (Å²) in [4.78, 5) is 1.31. The fraction of sp³-hybridized carbons (Fsp3) is 0.562. The summed E-state index contributed by atoms with van der Waals surface area (Å²) in [6.45, 7) is 7.03. The lowest BCUT2D eigenvalue weighted by molar-refractivity contribution is 0.390. The van der Waals surface area contributed by atoms with Crippen LogP contribution in [0.1, 0.15) is 56.7 Å². The van der Waals surface area contributed by atoms with Crippen molar-refractivity contribution in [3.05, 3.63) is 28.8 Å². The molecule has 0 aromatic carbocycles. The van der Waals surface area contributed by atoms with Crippen LogP contribution in [-0.2, 0) is 7.05 Å². The Hall–Kier alpha value is -1.09. The molecular weight excluding hydrogens is 252 g/mol. The van der Waals surface area contributed by atoms with Crippen molar-refractivity contribution in [2.75, 3.05) is 0 Å². The first kappa shape index (κ1) is 12.9. The molecule has 0 saturated heterocycles. The SMILES string of the molecule is CC(C)[C@@H]1CC[C@@H](C)c2c(-c3cccs3)nn(C)c21. The molecule has 0 radical (unpaired) electrons. The summed E-state index contributed by atoms with van der Waals surface area (Å²) in [6, 6.07) is 4.31. The Morgan fingerprint density at radius 1 is 1.37 bits per heavy atom. The molecule has 2 heterocycles. The van der Waals surface area contributed by atoms with Crippen molar-refractivity contribution in [2.45, 2.75) is 45.4 Å². The van der Waals surface area contributed by atoms with E-state index in [1.165, 1.54) is 34.7 Å². The lowest BCUT2D eigenvalue weighted by Crippen LogP contribution is -2.19. The molecule has 3 rings (SSSR count). The van der Waals surface area contributed by atoms with Crippen LogP contribution >= 0.6 is 11.3 Å². The Balaban J connectivity index is 2.18. The molecule has 19 heavy (non-hydrogen) atoms. The van der Waals surface area contributed by atoms with Gasteiger partial charge in [-0.1, -0.05) is 26.8 Å². The van der Waals surface area contributed by atoms with Crippen molar-refractivity contribution in [2.24, 2.45) is 13.0 Å². The second-order valence-electron chi connectivity index (χ2n) is 6.08. The minimum atomic E-state index is 0.635. The van der Waals surface area contributed by atoms with Crippen molar-refractivity contribution in [1.82, 2.24) is 9.78 Å². The molecule has 1 aliphatic carbocycles. The fourth-order valence-corrected chi connectivity index (χ4v) is 4.16. The molecule has 0 N–H and O–H groups in total. The number of fused-ring (bicyclic) bond motifs is 1. The molecule has 0 spiro atoms. The van der Waals surface area contributed by atoms with Gasteiger partial charge in [0.15, 0.2) is 0 Å². The van der Waals surface area contributed by atoms with Crippen molar-refractivity contribution in [3.8, 4) is 10.6 Å². The summed E-state index contributed by atoms with van der Waals surface area (Å²) in [5, 5.41) is 6.99. The van der Waals surface area contributed by atoms with E-state index in [9.17, 15) is 0 Å². The van der Waals surface area contributed by atoms with E-state index >= 15 is 0 Å². The van der Waals surface area contributed by atoms with Crippen molar-refractivity contribution in [1.29, 1.82) is 0 Å². The molecule has 0 fully saturated rings. The standard InChI is InChI=1S/C16H22N2S/c1-10(2)12-8-7-11(3)14-15(13-6-5-9-19-13)17-18(4)16(12)14/h5-6,9-12H,7-8H2,1-4H3/t11-,12+/m1/s1. The highest BCUT2D eigenvalue weighted by Crippen LogP contribution is 2.46. The number of thiophene rings is 1. The van der Waals surface area contributed by atoms with Gasteiger partial charge in [0, 0.05) is 24.2 Å². The first-order chi connectivity index (χ1) is 9.09. The maximum atomic E-state index is 4.84. The zero-order valence-corrected chi connectivity index (χ0v) is 13.0. The highest BCUT2D eigenvalue weighted by atomic mass is 32.1. The third-order valence-corrected chi connectivity index (χ3v) is 5.32. The third kappa shape index (κ3) is 2.04. The van der Waals surface area contributed by atoms with Crippen LogP contribution in [0.3, 0.4) is 0 Å². The highest BCUT2D eigenvalue weighted by Gasteiger charge is 2.33. The van der Waals surface area contributed by atoms with E-state index < -0.39 is 0 Å². The van der Waals surface area contributed by atoms with E-state index in [1.807, 2.05) is 0 Å². The van der Waals surface area contributed by atoms with E-state index in [2.05, 4.69) is 50.0 Å². The maximum absolute atomic E-state index is 4.84. The second-order valence-corrected chi connectivity index (χ2v) is 7.03. The molecule has 2 atom stereocenters. The molecule has 0 aliphatic heterocycles. The molecule has 2 aromatic rings. The van der Waals surface area contributed by atoms with Crippen LogP contribution in [0, 0.1) is 5.92 Å². The fourth-order valence-electron chi connectivity index (χ4n) is 3.43. The van der Waals surface area contributed by atoms with Gasteiger partial charge in [0.25, 0.3) is 0 Å². The summed E-state index contributed by atoms with van der Waals surface area (Å²) in [5.74, 6) is 1.99. The Morgan fingerprint density at radius 3 is 2.79 bits per heavy atom. The Kier molecular flexibility index (Phi) is 3.25. The Morgan fingerprint density at radius 2 is 2.16 bits per heavy atom. The van der Waals surface area contributed by atoms with Crippen LogP contribution in [-0.4, -0.2) is 9.78 Å². The number of hydrogen-bond donors (Lipinski definition) is 0. The predicted molar refractivity (Wildman–Crippen MR) is 81.7 cm³/mol. The van der Waals surface area contributed by atoms with Gasteiger partial charge in [-0.3, -0.25) is 4.68 Å². The lowest BCUT2D eigenvalue weighted by Gasteiger charge is -2.30. The van der Waals surface area contributed by atoms with Crippen LogP contribution in [0.4, 0.5) is 0 Å². The minimum Gasteiger partial charge on any atom is -0.271 e. The molecule has 102 valence electrons. The zero-order valence-electron chi connectivity index (χ0n) is 12.2. The van der Waals surface area contributed by atoms with E-state index in [1.54, 1.807) is 11.3 Å². The van der Waals surface area contributed by atoms with Gasteiger partial charge in [-0.2, -0.15) is 5.10 Å². The summed E-state index contributed by atoms with van der Waals surface area (Å²) in [7, 11) is 2.11. The molecule has 3 heteroatoms. The molecular formula is C16H22N2S. The Bertz CT molecular complexity index is 566. The molecule has 0 amide bonds. The smallest absolute Gasteiger partial charge is 0.106 e. The van der Waals surface area contributed by atoms with E-state index in [4.69, 9.17) is 5.10 Å². The number of aryl methyl sites for hydroxylation is 1. The average Bonchev–Trinajstić information content (AvgIpc) is 2.98. The number of hydrogen-bond acceptors (Lipinski definition) is 2. The van der Waals surface area contributed by atoms with Gasteiger partial charge in [0.1, 0.15) is 5.69 Å². The molecule has 0 unspecified atom stereocenters. The minimum absolute atomic E-state index is 0.635. The van der Waals surface area contributed by atoms with Crippen molar-refractivity contribution in [3.63, 3.8) is 0 Å². The molecule has 2 nitrogen and oxygen atoms in total. The molecule has 0 saturated carbocycles. The zero-order chi connectivity index (χ0) is 13.6. The average molecular weight is 274 g/mol. The highest BCUT2D eigenvalue weighted by molar-refractivity contribution is 7.13.